The Labute approximate surface area is 139 Å². The molecule has 2 aromatic rings. The van der Waals surface area contributed by atoms with Crippen LogP contribution in [0.5, 0.6) is 0 Å². The molecule has 0 amide bonds. The van der Waals surface area contributed by atoms with Crippen molar-refractivity contribution in [2.24, 2.45) is 0 Å². The van der Waals surface area contributed by atoms with Gasteiger partial charge in [-0.3, -0.25) is 9.69 Å². The van der Waals surface area contributed by atoms with Crippen molar-refractivity contribution < 1.29 is 9.53 Å². The molecule has 0 bridgehead atoms. The normalized spacial score (nSPS) is 15.7. The number of benzene rings is 2. The molecule has 3 rings (SSSR count). The molecule has 1 heterocycles. The largest absolute Gasteiger partial charge is 0.379 e. The third kappa shape index (κ3) is 3.83. The Morgan fingerprint density at radius 1 is 1.05 bits per heavy atom. The summed E-state index contributed by atoms with van der Waals surface area (Å²) in [5, 5.41) is 0. The van der Waals surface area contributed by atoms with E-state index < -0.39 is 0 Å². The van der Waals surface area contributed by atoms with E-state index in [1.807, 2.05) is 48.5 Å². The SMILES string of the molecule is O=C(c1ccc(CN2CCOCC2)cc1)c1cccc(Br)c1. The molecule has 2 aromatic carbocycles. The maximum absolute atomic E-state index is 12.5. The van der Waals surface area contributed by atoms with E-state index in [2.05, 4.69) is 20.8 Å². The molecule has 0 aliphatic carbocycles. The molecule has 0 saturated carbocycles. The van der Waals surface area contributed by atoms with Gasteiger partial charge in [0, 0.05) is 35.2 Å². The summed E-state index contributed by atoms with van der Waals surface area (Å²) in [6.45, 7) is 4.46. The van der Waals surface area contributed by atoms with E-state index in [4.69, 9.17) is 4.74 Å². The highest BCUT2D eigenvalue weighted by atomic mass is 79.9. The molecule has 22 heavy (non-hydrogen) atoms. The fourth-order valence-corrected chi connectivity index (χ4v) is 2.97. The van der Waals surface area contributed by atoms with Crippen molar-refractivity contribution in [2.45, 2.75) is 6.54 Å². The van der Waals surface area contributed by atoms with Crippen LogP contribution in [0.2, 0.25) is 0 Å². The van der Waals surface area contributed by atoms with E-state index in [9.17, 15) is 4.79 Å². The van der Waals surface area contributed by atoms with Gasteiger partial charge in [-0.2, -0.15) is 0 Å². The predicted molar refractivity (Wildman–Crippen MR) is 90.1 cm³/mol. The first-order valence-corrected chi connectivity index (χ1v) is 8.21. The highest BCUT2D eigenvalue weighted by Crippen LogP contribution is 2.16. The molecule has 4 heteroatoms. The van der Waals surface area contributed by atoms with Crippen LogP contribution in [0.25, 0.3) is 0 Å². The quantitative estimate of drug-likeness (QED) is 0.782. The molecule has 1 aliphatic heterocycles. The molecule has 0 spiro atoms. The number of morpholine rings is 1. The fourth-order valence-electron chi connectivity index (χ4n) is 2.58. The average Bonchev–Trinajstić information content (AvgIpc) is 2.56. The lowest BCUT2D eigenvalue weighted by atomic mass is 10.0. The molecular weight excluding hydrogens is 342 g/mol. The fraction of sp³-hybridized carbons (Fsp3) is 0.278. The summed E-state index contributed by atoms with van der Waals surface area (Å²) in [5.41, 5.74) is 2.66. The number of nitrogens with zero attached hydrogens (tertiary/aromatic N) is 1. The molecule has 1 fully saturated rings. The Hall–Kier alpha value is -1.49. The third-order valence-electron chi connectivity index (χ3n) is 3.81. The van der Waals surface area contributed by atoms with Crippen molar-refractivity contribution in [3.63, 3.8) is 0 Å². The molecule has 0 aromatic heterocycles. The van der Waals surface area contributed by atoms with E-state index in [-0.39, 0.29) is 5.78 Å². The molecule has 0 radical (unpaired) electrons. The highest BCUT2D eigenvalue weighted by Gasteiger charge is 2.12. The minimum atomic E-state index is 0.0548. The molecule has 0 unspecified atom stereocenters. The molecule has 0 N–H and O–H groups in total. The van der Waals surface area contributed by atoms with Crippen molar-refractivity contribution in [1.29, 1.82) is 0 Å². The summed E-state index contributed by atoms with van der Waals surface area (Å²) in [5.74, 6) is 0.0548. The van der Waals surface area contributed by atoms with Gasteiger partial charge >= 0.3 is 0 Å². The molecule has 1 saturated heterocycles. The average molecular weight is 360 g/mol. The maximum Gasteiger partial charge on any atom is 0.193 e. The lowest BCUT2D eigenvalue weighted by Crippen LogP contribution is -2.35. The molecule has 1 aliphatic rings. The molecular formula is C18H18BrNO2. The smallest absolute Gasteiger partial charge is 0.193 e. The zero-order chi connectivity index (χ0) is 15.4. The maximum atomic E-state index is 12.5. The van der Waals surface area contributed by atoms with Gasteiger partial charge in [-0.1, -0.05) is 52.3 Å². The minimum absolute atomic E-state index is 0.0548. The summed E-state index contributed by atoms with van der Waals surface area (Å²) in [6, 6.07) is 15.4. The van der Waals surface area contributed by atoms with Crippen molar-refractivity contribution in [3.8, 4) is 0 Å². The van der Waals surface area contributed by atoms with Gasteiger partial charge in [0.25, 0.3) is 0 Å². The number of hydrogen-bond acceptors (Lipinski definition) is 3. The summed E-state index contributed by atoms with van der Waals surface area (Å²) in [6.07, 6.45) is 0. The Morgan fingerprint density at radius 2 is 1.77 bits per heavy atom. The molecule has 0 atom stereocenters. The van der Waals surface area contributed by atoms with Crippen LogP contribution in [0.15, 0.2) is 53.0 Å². The zero-order valence-electron chi connectivity index (χ0n) is 12.3. The molecule has 114 valence electrons. The first kappa shape index (κ1) is 15.4. The van der Waals surface area contributed by atoms with Crippen molar-refractivity contribution in [3.05, 3.63) is 69.7 Å². The van der Waals surface area contributed by atoms with E-state index in [1.54, 1.807) is 0 Å². The second-order valence-corrected chi connectivity index (χ2v) is 6.34. The lowest BCUT2D eigenvalue weighted by molar-refractivity contribution is 0.0342. The number of hydrogen-bond donors (Lipinski definition) is 0. The van der Waals surface area contributed by atoms with Gasteiger partial charge in [0.1, 0.15) is 0 Å². The number of rotatable bonds is 4. The van der Waals surface area contributed by atoms with Crippen LogP contribution in [-0.2, 0) is 11.3 Å². The monoisotopic (exact) mass is 359 g/mol. The van der Waals surface area contributed by atoms with Gasteiger partial charge in [0.05, 0.1) is 13.2 Å². The second kappa shape index (κ2) is 7.18. The van der Waals surface area contributed by atoms with Gasteiger partial charge in [-0.25, -0.2) is 0 Å². The Morgan fingerprint density at radius 3 is 2.45 bits per heavy atom. The summed E-state index contributed by atoms with van der Waals surface area (Å²) >= 11 is 3.40. The standard InChI is InChI=1S/C18H18BrNO2/c19-17-3-1-2-16(12-17)18(21)15-6-4-14(5-7-15)13-20-8-10-22-11-9-20/h1-7,12H,8-11,13H2. The lowest BCUT2D eigenvalue weighted by Gasteiger charge is -2.26. The summed E-state index contributed by atoms with van der Waals surface area (Å²) in [7, 11) is 0. The number of halogens is 1. The predicted octanol–water partition coefficient (Wildman–Crippen LogP) is 3.51. The van der Waals surface area contributed by atoms with E-state index in [0.29, 0.717) is 5.56 Å². The van der Waals surface area contributed by atoms with E-state index >= 15 is 0 Å². The van der Waals surface area contributed by atoms with E-state index in [0.717, 1.165) is 42.9 Å². The van der Waals surface area contributed by atoms with Crippen LogP contribution in [0.3, 0.4) is 0 Å². The first-order valence-electron chi connectivity index (χ1n) is 7.42. The van der Waals surface area contributed by atoms with Crippen molar-refractivity contribution >= 4 is 21.7 Å². The topological polar surface area (TPSA) is 29.5 Å². The third-order valence-corrected chi connectivity index (χ3v) is 4.31. The first-order chi connectivity index (χ1) is 10.7. The summed E-state index contributed by atoms with van der Waals surface area (Å²) < 4.78 is 6.28. The van der Waals surface area contributed by atoms with Gasteiger partial charge in [-0.15, -0.1) is 0 Å². The van der Waals surface area contributed by atoms with Crippen LogP contribution >= 0.6 is 15.9 Å². The number of carbonyl (C=O) groups excluding carboxylic acids is 1. The van der Waals surface area contributed by atoms with Gasteiger partial charge in [0.2, 0.25) is 0 Å². The Bertz CT molecular complexity index is 648. The number of ketones is 1. The number of ether oxygens (including phenoxy) is 1. The van der Waals surface area contributed by atoms with Crippen molar-refractivity contribution in [1.82, 2.24) is 4.90 Å². The van der Waals surface area contributed by atoms with Gasteiger partial charge in [-0.05, 0) is 17.7 Å². The van der Waals surface area contributed by atoms with Crippen LogP contribution in [0.1, 0.15) is 21.5 Å². The Balaban J connectivity index is 1.69. The van der Waals surface area contributed by atoms with E-state index in [1.165, 1.54) is 5.56 Å². The zero-order valence-corrected chi connectivity index (χ0v) is 13.9. The molecule has 3 nitrogen and oxygen atoms in total. The van der Waals surface area contributed by atoms with Crippen LogP contribution in [-0.4, -0.2) is 37.0 Å². The summed E-state index contributed by atoms with van der Waals surface area (Å²) in [4.78, 5) is 14.8. The van der Waals surface area contributed by atoms with Crippen LogP contribution in [0, 0.1) is 0 Å². The van der Waals surface area contributed by atoms with Gasteiger partial charge < -0.3 is 4.74 Å². The van der Waals surface area contributed by atoms with Crippen LogP contribution < -0.4 is 0 Å². The number of carbonyl (C=O) groups is 1. The van der Waals surface area contributed by atoms with Gasteiger partial charge in [0.15, 0.2) is 5.78 Å². The minimum Gasteiger partial charge on any atom is -0.379 e. The highest BCUT2D eigenvalue weighted by molar-refractivity contribution is 9.10. The van der Waals surface area contributed by atoms with Crippen molar-refractivity contribution in [2.75, 3.05) is 26.3 Å². The van der Waals surface area contributed by atoms with Crippen LogP contribution in [0.4, 0.5) is 0 Å². The Kier molecular flexibility index (Phi) is 5.03. The second-order valence-electron chi connectivity index (χ2n) is 5.42.